The van der Waals surface area contributed by atoms with Crippen LogP contribution in [0.2, 0.25) is 0 Å². The summed E-state index contributed by atoms with van der Waals surface area (Å²) in [5.41, 5.74) is 1.06. The number of carbonyl (C=O) groups excluding carboxylic acids is 1. The molecule has 1 aromatic carbocycles. The van der Waals surface area contributed by atoms with Gasteiger partial charge in [0, 0.05) is 5.56 Å². The zero-order chi connectivity index (χ0) is 10.4. The Morgan fingerprint density at radius 2 is 2.07 bits per heavy atom. The van der Waals surface area contributed by atoms with Crippen molar-refractivity contribution in [2.24, 2.45) is 5.16 Å². The number of nitrogens with one attached hydrogen (secondary N) is 1. The van der Waals surface area contributed by atoms with E-state index in [0.29, 0.717) is 11.3 Å². The van der Waals surface area contributed by atoms with Crippen molar-refractivity contribution >= 4 is 11.6 Å². The van der Waals surface area contributed by atoms with Crippen LogP contribution in [0.15, 0.2) is 35.5 Å². The van der Waals surface area contributed by atoms with Crippen LogP contribution in [0.4, 0.5) is 0 Å². The van der Waals surface area contributed by atoms with Gasteiger partial charge in [-0.2, -0.15) is 0 Å². The molecule has 0 unspecified atom stereocenters. The van der Waals surface area contributed by atoms with Crippen LogP contribution in [0.5, 0.6) is 0 Å². The number of rotatable bonds is 3. The normalized spacial score (nSPS) is 11.1. The molecular formula is C10H12N2O2. The lowest BCUT2D eigenvalue weighted by molar-refractivity contribution is 0.0959. The van der Waals surface area contributed by atoms with Gasteiger partial charge in [0.2, 0.25) is 0 Å². The summed E-state index contributed by atoms with van der Waals surface area (Å²) in [5.74, 6) is -0.173. The van der Waals surface area contributed by atoms with Crippen LogP contribution in [-0.2, 0) is 0 Å². The summed E-state index contributed by atoms with van der Waals surface area (Å²) in [6, 6.07) is 8.88. The van der Waals surface area contributed by atoms with Crippen LogP contribution in [0.1, 0.15) is 17.3 Å². The molecule has 2 N–H and O–H groups in total. The molecule has 0 saturated heterocycles. The van der Waals surface area contributed by atoms with Gasteiger partial charge in [0.05, 0.1) is 12.3 Å². The van der Waals surface area contributed by atoms with E-state index in [9.17, 15) is 4.79 Å². The van der Waals surface area contributed by atoms with Crippen LogP contribution in [0, 0.1) is 0 Å². The van der Waals surface area contributed by atoms with Crippen molar-refractivity contribution in [2.75, 3.05) is 6.54 Å². The Morgan fingerprint density at radius 3 is 2.64 bits per heavy atom. The van der Waals surface area contributed by atoms with Gasteiger partial charge in [0.1, 0.15) is 0 Å². The maximum atomic E-state index is 11.4. The molecule has 0 spiro atoms. The maximum absolute atomic E-state index is 11.4. The predicted octanol–water partition coefficient (Wildman–Crippen LogP) is 1.27. The number of nitrogens with zero attached hydrogens (tertiary/aromatic N) is 1. The van der Waals surface area contributed by atoms with E-state index >= 15 is 0 Å². The molecule has 0 aliphatic rings. The molecule has 0 radical (unpaired) electrons. The molecule has 1 aromatic rings. The smallest absolute Gasteiger partial charge is 0.251 e. The van der Waals surface area contributed by atoms with Crippen LogP contribution in [0.25, 0.3) is 0 Å². The van der Waals surface area contributed by atoms with Crippen molar-refractivity contribution in [3.05, 3.63) is 35.9 Å². The van der Waals surface area contributed by atoms with Gasteiger partial charge in [0.25, 0.3) is 5.91 Å². The summed E-state index contributed by atoms with van der Waals surface area (Å²) in [4.78, 5) is 11.4. The Kier molecular flexibility index (Phi) is 3.67. The Labute approximate surface area is 82.2 Å². The van der Waals surface area contributed by atoms with Crippen LogP contribution >= 0.6 is 0 Å². The zero-order valence-corrected chi connectivity index (χ0v) is 7.90. The number of hydrogen-bond donors (Lipinski definition) is 2. The SMILES string of the molecule is C/C(CNC(=O)c1ccccc1)=N\O. The minimum absolute atomic E-state index is 0.173. The zero-order valence-electron chi connectivity index (χ0n) is 7.90. The van der Waals surface area contributed by atoms with Crippen molar-refractivity contribution in [3.63, 3.8) is 0 Å². The molecule has 0 atom stereocenters. The van der Waals surface area contributed by atoms with Crippen LogP contribution in [0.3, 0.4) is 0 Å². The minimum atomic E-state index is -0.173. The first-order chi connectivity index (χ1) is 6.74. The monoisotopic (exact) mass is 192 g/mol. The summed E-state index contributed by atoms with van der Waals surface area (Å²) in [6.07, 6.45) is 0. The lowest BCUT2D eigenvalue weighted by atomic mass is 10.2. The van der Waals surface area contributed by atoms with Gasteiger partial charge in [0.15, 0.2) is 0 Å². The van der Waals surface area contributed by atoms with Gasteiger partial charge in [-0.1, -0.05) is 23.4 Å². The number of carbonyl (C=O) groups is 1. The van der Waals surface area contributed by atoms with Gasteiger partial charge >= 0.3 is 0 Å². The van der Waals surface area contributed by atoms with E-state index in [0.717, 1.165) is 0 Å². The average Bonchev–Trinajstić information content (AvgIpc) is 2.26. The maximum Gasteiger partial charge on any atom is 0.251 e. The predicted molar refractivity (Wildman–Crippen MR) is 53.7 cm³/mol. The molecule has 0 heterocycles. The molecule has 0 aromatic heterocycles. The van der Waals surface area contributed by atoms with E-state index in [1.807, 2.05) is 6.07 Å². The quantitative estimate of drug-likeness (QED) is 0.430. The molecule has 1 rings (SSSR count). The van der Waals surface area contributed by atoms with Crippen molar-refractivity contribution < 1.29 is 10.0 Å². The van der Waals surface area contributed by atoms with Gasteiger partial charge in [-0.25, -0.2) is 0 Å². The third-order valence-corrected chi connectivity index (χ3v) is 1.71. The molecule has 4 heteroatoms. The number of hydrogen-bond acceptors (Lipinski definition) is 3. The van der Waals surface area contributed by atoms with Gasteiger partial charge < -0.3 is 10.5 Å². The van der Waals surface area contributed by atoms with Crippen LogP contribution in [-0.4, -0.2) is 23.4 Å². The lowest BCUT2D eigenvalue weighted by Crippen LogP contribution is -2.28. The summed E-state index contributed by atoms with van der Waals surface area (Å²) in [6.45, 7) is 1.88. The second-order valence-corrected chi connectivity index (χ2v) is 2.88. The molecule has 1 amide bonds. The van der Waals surface area contributed by atoms with Gasteiger partial charge in [-0.3, -0.25) is 4.79 Å². The Morgan fingerprint density at radius 1 is 1.43 bits per heavy atom. The highest BCUT2D eigenvalue weighted by Crippen LogP contribution is 1.97. The summed E-state index contributed by atoms with van der Waals surface area (Å²) < 4.78 is 0. The van der Waals surface area contributed by atoms with E-state index in [-0.39, 0.29) is 12.5 Å². The fourth-order valence-electron chi connectivity index (χ4n) is 0.935. The third kappa shape index (κ3) is 2.90. The number of amides is 1. The van der Waals surface area contributed by atoms with Crippen molar-refractivity contribution in [1.82, 2.24) is 5.32 Å². The molecule has 0 aliphatic heterocycles. The summed E-state index contributed by atoms with van der Waals surface area (Å²) >= 11 is 0. The average molecular weight is 192 g/mol. The summed E-state index contributed by atoms with van der Waals surface area (Å²) in [5, 5.41) is 13.9. The minimum Gasteiger partial charge on any atom is -0.411 e. The van der Waals surface area contributed by atoms with Crippen molar-refractivity contribution in [1.29, 1.82) is 0 Å². The standard InChI is InChI=1S/C10H12N2O2/c1-8(12-14)7-11-10(13)9-5-3-2-4-6-9/h2-6,14H,7H2,1H3,(H,11,13)/b12-8+. The topological polar surface area (TPSA) is 61.7 Å². The molecule has 0 fully saturated rings. The first-order valence-electron chi connectivity index (χ1n) is 4.25. The number of oxime groups is 1. The molecule has 4 nitrogen and oxygen atoms in total. The second-order valence-electron chi connectivity index (χ2n) is 2.88. The molecule has 0 bridgehead atoms. The van der Waals surface area contributed by atoms with Gasteiger partial charge in [-0.05, 0) is 19.1 Å². The lowest BCUT2D eigenvalue weighted by Gasteiger charge is -2.03. The van der Waals surface area contributed by atoms with Gasteiger partial charge in [-0.15, -0.1) is 0 Å². The Hall–Kier alpha value is -1.84. The Bertz CT molecular complexity index is 333. The fraction of sp³-hybridized carbons (Fsp3) is 0.200. The molecule has 0 saturated carbocycles. The highest BCUT2D eigenvalue weighted by molar-refractivity contribution is 5.97. The number of benzene rings is 1. The Balaban J connectivity index is 2.52. The molecule has 0 aliphatic carbocycles. The fourth-order valence-corrected chi connectivity index (χ4v) is 0.935. The highest BCUT2D eigenvalue weighted by Gasteiger charge is 2.03. The van der Waals surface area contributed by atoms with E-state index < -0.39 is 0 Å². The van der Waals surface area contributed by atoms with Crippen LogP contribution < -0.4 is 5.32 Å². The van der Waals surface area contributed by atoms with Crippen molar-refractivity contribution in [3.8, 4) is 0 Å². The third-order valence-electron chi connectivity index (χ3n) is 1.71. The van der Waals surface area contributed by atoms with E-state index in [1.54, 1.807) is 31.2 Å². The van der Waals surface area contributed by atoms with E-state index in [1.165, 1.54) is 0 Å². The van der Waals surface area contributed by atoms with Crippen molar-refractivity contribution in [2.45, 2.75) is 6.92 Å². The summed E-state index contributed by atoms with van der Waals surface area (Å²) in [7, 11) is 0. The van der Waals surface area contributed by atoms with E-state index in [2.05, 4.69) is 10.5 Å². The first kappa shape index (κ1) is 10.2. The van der Waals surface area contributed by atoms with E-state index in [4.69, 9.17) is 5.21 Å². The second kappa shape index (κ2) is 5.01. The highest BCUT2D eigenvalue weighted by atomic mass is 16.4. The molecule has 14 heavy (non-hydrogen) atoms. The largest absolute Gasteiger partial charge is 0.411 e. The molecular weight excluding hydrogens is 180 g/mol. The first-order valence-corrected chi connectivity index (χ1v) is 4.25. The molecule has 74 valence electrons.